The molecule has 0 aromatic heterocycles. The first-order chi connectivity index (χ1) is 12.7. The molecule has 1 atom stereocenters. The summed E-state index contributed by atoms with van der Waals surface area (Å²) in [4.78, 5) is 13.0. The number of carbonyl (C=O) groups is 1. The number of methoxy groups -OCH3 is 1. The van der Waals surface area contributed by atoms with Gasteiger partial charge in [-0.15, -0.1) is 6.58 Å². The second-order valence-electron chi connectivity index (χ2n) is 7.08. The van der Waals surface area contributed by atoms with Crippen molar-refractivity contribution in [2.75, 3.05) is 13.7 Å². The van der Waals surface area contributed by atoms with Crippen molar-refractivity contribution in [2.24, 2.45) is 0 Å². The topological polar surface area (TPSA) is 96.2 Å². The second kappa shape index (κ2) is 6.54. The van der Waals surface area contributed by atoms with Crippen LogP contribution >= 0.6 is 0 Å². The number of fused-ring (bicyclic) bond motifs is 1. The van der Waals surface area contributed by atoms with E-state index in [0.717, 1.165) is 0 Å². The van der Waals surface area contributed by atoms with Gasteiger partial charge >= 0.3 is 0 Å². The maximum absolute atomic E-state index is 13.0. The van der Waals surface area contributed by atoms with Crippen LogP contribution in [-0.4, -0.2) is 34.8 Å². The van der Waals surface area contributed by atoms with Crippen LogP contribution in [0.5, 0.6) is 28.7 Å². The van der Waals surface area contributed by atoms with Gasteiger partial charge in [0.25, 0.3) is 0 Å². The minimum atomic E-state index is -0.807. The number of phenols is 3. The number of hydrogen-bond donors (Lipinski definition) is 3. The molecule has 2 aromatic rings. The molecule has 0 saturated heterocycles. The van der Waals surface area contributed by atoms with E-state index in [9.17, 15) is 20.1 Å². The zero-order valence-electron chi connectivity index (χ0n) is 15.4. The molecule has 6 heteroatoms. The number of rotatable bonds is 4. The molecule has 1 aliphatic heterocycles. The first-order valence-corrected chi connectivity index (χ1v) is 8.48. The van der Waals surface area contributed by atoms with E-state index in [0.29, 0.717) is 16.9 Å². The number of ether oxygens (including phenoxy) is 2. The minimum absolute atomic E-state index is 0.0000389. The zero-order chi connectivity index (χ0) is 19.9. The summed E-state index contributed by atoms with van der Waals surface area (Å²) in [5, 5.41) is 30.6. The number of benzene rings is 2. The Kier molecular flexibility index (Phi) is 4.51. The SMILES string of the molecule is C=CC(C)(C)c1cc(C2COc3cc(O)ccc3C2=O)c(O)c(O)c1OC. The van der Waals surface area contributed by atoms with Crippen molar-refractivity contribution >= 4 is 5.78 Å². The molecular weight excluding hydrogens is 348 g/mol. The van der Waals surface area contributed by atoms with Gasteiger partial charge in [0.05, 0.1) is 18.6 Å². The Morgan fingerprint density at radius 1 is 1.22 bits per heavy atom. The van der Waals surface area contributed by atoms with Gasteiger partial charge in [-0.3, -0.25) is 4.79 Å². The van der Waals surface area contributed by atoms with E-state index in [1.807, 2.05) is 13.8 Å². The van der Waals surface area contributed by atoms with Gasteiger partial charge < -0.3 is 24.8 Å². The average molecular weight is 370 g/mol. The van der Waals surface area contributed by atoms with Gasteiger partial charge in [0, 0.05) is 22.6 Å². The quantitative estimate of drug-likeness (QED) is 0.562. The lowest BCUT2D eigenvalue weighted by Crippen LogP contribution is -2.26. The summed E-state index contributed by atoms with van der Waals surface area (Å²) >= 11 is 0. The predicted molar refractivity (Wildman–Crippen MR) is 100 cm³/mol. The summed E-state index contributed by atoms with van der Waals surface area (Å²) < 4.78 is 10.9. The van der Waals surface area contributed by atoms with E-state index < -0.39 is 22.8 Å². The highest BCUT2D eigenvalue weighted by atomic mass is 16.5. The Balaban J connectivity index is 2.16. The molecule has 0 saturated carbocycles. The summed E-state index contributed by atoms with van der Waals surface area (Å²) in [6.07, 6.45) is 1.70. The Labute approximate surface area is 157 Å². The van der Waals surface area contributed by atoms with E-state index in [1.165, 1.54) is 25.3 Å². The fourth-order valence-corrected chi connectivity index (χ4v) is 3.22. The van der Waals surface area contributed by atoms with E-state index in [4.69, 9.17) is 9.47 Å². The molecule has 2 aromatic carbocycles. The molecule has 0 fully saturated rings. The van der Waals surface area contributed by atoms with E-state index in [1.54, 1.807) is 12.1 Å². The summed E-state index contributed by atoms with van der Waals surface area (Å²) in [7, 11) is 1.40. The van der Waals surface area contributed by atoms with E-state index in [-0.39, 0.29) is 29.5 Å². The molecule has 0 radical (unpaired) electrons. The van der Waals surface area contributed by atoms with Gasteiger partial charge in [-0.2, -0.15) is 0 Å². The van der Waals surface area contributed by atoms with Crippen molar-refractivity contribution < 1.29 is 29.6 Å². The number of Topliss-reactive ketones (excluding diaryl/α,β-unsaturated/α-hetero) is 1. The van der Waals surface area contributed by atoms with Gasteiger partial charge in [-0.25, -0.2) is 0 Å². The molecule has 1 heterocycles. The van der Waals surface area contributed by atoms with Crippen molar-refractivity contribution in [1.29, 1.82) is 0 Å². The average Bonchev–Trinajstić information content (AvgIpc) is 2.64. The number of allylic oxidation sites excluding steroid dienone is 1. The van der Waals surface area contributed by atoms with Crippen LogP contribution < -0.4 is 9.47 Å². The molecule has 1 aliphatic rings. The van der Waals surface area contributed by atoms with Gasteiger partial charge in [0.15, 0.2) is 17.3 Å². The lowest BCUT2D eigenvalue weighted by molar-refractivity contribution is 0.0893. The summed E-state index contributed by atoms with van der Waals surface area (Å²) in [5.74, 6) is -1.49. The molecule has 0 bridgehead atoms. The van der Waals surface area contributed by atoms with Crippen LogP contribution in [0.15, 0.2) is 36.9 Å². The lowest BCUT2D eigenvalue weighted by atomic mass is 9.80. The standard InChI is InChI=1S/C21H22O6/c1-5-21(2,3)15-9-13(18(24)19(25)20(15)26-4)14-10-27-16-8-11(22)6-7-12(16)17(14)23/h5-9,14,22,24-25H,1,10H2,2-4H3. The molecule has 142 valence electrons. The third-order valence-electron chi connectivity index (χ3n) is 4.99. The Bertz CT molecular complexity index is 929. The molecule has 0 amide bonds. The molecule has 1 unspecified atom stereocenters. The molecule has 3 rings (SSSR count). The third-order valence-corrected chi connectivity index (χ3v) is 4.99. The number of aromatic hydroxyl groups is 3. The van der Waals surface area contributed by atoms with E-state index >= 15 is 0 Å². The minimum Gasteiger partial charge on any atom is -0.508 e. The van der Waals surface area contributed by atoms with Crippen LogP contribution in [-0.2, 0) is 5.41 Å². The Hall–Kier alpha value is -3.15. The monoisotopic (exact) mass is 370 g/mol. The van der Waals surface area contributed by atoms with Gasteiger partial charge in [-0.1, -0.05) is 19.9 Å². The Morgan fingerprint density at radius 2 is 1.93 bits per heavy atom. The summed E-state index contributed by atoms with van der Waals surface area (Å²) in [6.45, 7) is 7.56. The number of ketones is 1. The van der Waals surface area contributed by atoms with Crippen LogP contribution in [0.2, 0.25) is 0 Å². The van der Waals surface area contributed by atoms with Crippen molar-refractivity contribution in [3.63, 3.8) is 0 Å². The van der Waals surface area contributed by atoms with E-state index in [2.05, 4.69) is 6.58 Å². The number of hydrogen-bond acceptors (Lipinski definition) is 6. The van der Waals surface area contributed by atoms with Gasteiger partial charge in [-0.05, 0) is 18.2 Å². The van der Waals surface area contributed by atoms with Crippen LogP contribution in [0, 0.1) is 0 Å². The molecule has 27 heavy (non-hydrogen) atoms. The fraction of sp³-hybridized carbons (Fsp3) is 0.286. The molecule has 0 aliphatic carbocycles. The lowest BCUT2D eigenvalue weighted by Gasteiger charge is -2.29. The summed E-state index contributed by atoms with van der Waals surface area (Å²) in [6, 6.07) is 5.90. The first-order valence-electron chi connectivity index (χ1n) is 8.48. The molecule has 6 nitrogen and oxygen atoms in total. The molecular formula is C21H22O6. The van der Waals surface area contributed by atoms with Crippen molar-refractivity contribution in [3.8, 4) is 28.7 Å². The van der Waals surface area contributed by atoms with Crippen LogP contribution in [0.1, 0.15) is 41.3 Å². The number of carbonyl (C=O) groups excluding carboxylic acids is 1. The highest BCUT2D eigenvalue weighted by molar-refractivity contribution is 6.04. The van der Waals surface area contributed by atoms with Gasteiger partial charge in [0.2, 0.25) is 5.75 Å². The molecule has 0 spiro atoms. The van der Waals surface area contributed by atoms with Crippen LogP contribution in [0.4, 0.5) is 0 Å². The number of phenolic OH excluding ortho intramolecular Hbond substituents is 3. The van der Waals surface area contributed by atoms with Crippen LogP contribution in [0.25, 0.3) is 0 Å². The van der Waals surface area contributed by atoms with Crippen molar-refractivity contribution in [3.05, 3.63) is 53.6 Å². The maximum Gasteiger partial charge on any atom is 0.201 e. The summed E-state index contributed by atoms with van der Waals surface area (Å²) in [5.41, 5.74) is 0.577. The van der Waals surface area contributed by atoms with Crippen molar-refractivity contribution in [2.45, 2.75) is 25.2 Å². The molecule has 3 N–H and O–H groups in total. The third kappa shape index (κ3) is 2.97. The largest absolute Gasteiger partial charge is 0.508 e. The predicted octanol–water partition coefficient (Wildman–Crippen LogP) is 3.63. The maximum atomic E-state index is 13.0. The highest BCUT2D eigenvalue weighted by Crippen LogP contribution is 2.49. The smallest absolute Gasteiger partial charge is 0.201 e. The van der Waals surface area contributed by atoms with Crippen molar-refractivity contribution in [1.82, 2.24) is 0 Å². The van der Waals surface area contributed by atoms with Crippen LogP contribution in [0.3, 0.4) is 0 Å². The normalized spacial score (nSPS) is 16.4. The second-order valence-corrected chi connectivity index (χ2v) is 7.08. The Morgan fingerprint density at radius 3 is 2.56 bits per heavy atom. The zero-order valence-corrected chi connectivity index (χ0v) is 15.4. The fourth-order valence-electron chi connectivity index (χ4n) is 3.22. The van der Waals surface area contributed by atoms with Gasteiger partial charge in [0.1, 0.15) is 18.1 Å². The first kappa shape index (κ1) is 18.6. The highest BCUT2D eigenvalue weighted by Gasteiger charge is 2.36.